The summed E-state index contributed by atoms with van der Waals surface area (Å²) in [6.07, 6.45) is 3.91. The second kappa shape index (κ2) is 8.10. The summed E-state index contributed by atoms with van der Waals surface area (Å²) >= 11 is 0. The molecule has 0 bridgehead atoms. The van der Waals surface area contributed by atoms with Crippen molar-refractivity contribution < 1.29 is 9.59 Å². The zero-order valence-electron chi connectivity index (χ0n) is 19.4. The third-order valence-electron chi connectivity index (χ3n) is 6.14. The van der Waals surface area contributed by atoms with Crippen LogP contribution in [0.4, 0.5) is 10.5 Å². The van der Waals surface area contributed by atoms with E-state index in [0.717, 1.165) is 35.5 Å². The third-order valence-corrected chi connectivity index (χ3v) is 6.14. The van der Waals surface area contributed by atoms with Crippen molar-refractivity contribution in [3.05, 3.63) is 84.2 Å². The minimum atomic E-state index is -0.363. The Kier molecular flexibility index (Phi) is 5.23. The molecular weight excluding hydrogens is 412 g/mol. The highest BCUT2D eigenvalue weighted by atomic mass is 16.2. The normalized spacial score (nSPS) is 17.2. The number of nitrogens with zero attached hydrogens (tertiary/aromatic N) is 3. The van der Waals surface area contributed by atoms with E-state index in [1.165, 1.54) is 0 Å². The topological polar surface area (TPSA) is 57.6 Å². The van der Waals surface area contributed by atoms with E-state index >= 15 is 0 Å². The van der Waals surface area contributed by atoms with Crippen LogP contribution >= 0.6 is 0 Å². The molecule has 2 aromatic carbocycles. The molecule has 1 unspecified atom stereocenters. The van der Waals surface area contributed by atoms with Gasteiger partial charge in [-0.15, -0.1) is 0 Å². The molecule has 1 aliphatic heterocycles. The number of aromatic nitrogens is 1. The lowest BCUT2D eigenvalue weighted by atomic mass is 9.97. The van der Waals surface area contributed by atoms with Gasteiger partial charge in [0, 0.05) is 17.8 Å². The summed E-state index contributed by atoms with van der Waals surface area (Å²) in [6, 6.07) is 21.8. The number of benzene rings is 2. The zero-order valence-corrected chi connectivity index (χ0v) is 19.4. The van der Waals surface area contributed by atoms with E-state index in [4.69, 9.17) is 0 Å². The average Bonchev–Trinajstić information content (AvgIpc) is 3.51. The molecule has 6 nitrogen and oxygen atoms in total. The Morgan fingerprint density at radius 1 is 0.939 bits per heavy atom. The molecule has 1 aromatic heterocycles. The maximum absolute atomic E-state index is 14.0. The molecule has 3 amide bonds. The lowest BCUT2D eigenvalue weighted by molar-refractivity contribution is -0.119. The molecular formula is C27H30N4O2. The summed E-state index contributed by atoms with van der Waals surface area (Å²) in [5.41, 5.74) is 3.53. The smallest absolute Gasteiger partial charge is 0.318 e. The van der Waals surface area contributed by atoms with Gasteiger partial charge < -0.3 is 14.8 Å². The first kappa shape index (κ1) is 21.3. The van der Waals surface area contributed by atoms with Gasteiger partial charge in [0.25, 0.3) is 0 Å². The van der Waals surface area contributed by atoms with E-state index in [0.29, 0.717) is 0 Å². The van der Waals surface area contributed by atoms with Gasteiger partial charge in [0.2, 0.25) is 5.91 Å². The van der Waals surface area contributed by atoms with Crippen molar-refractivity contribution in [2.75, 3.05) is 11.4 Å². The number of hydrogen-bond acceptors (Lipinski definition) is 2. The van der Waals surface area contributed by atoms with Gasteiger partial charge in [0.15, 0.2) is 0 Å². The summed E-state index contributed by atoms with van der Waals surface area (Å²) in [4.78, 5) is 30.6. The molecule has 1 saturated carbocycles. The Labute approximate surface area is 194 Å². The van der Waals surface area contributed by atoms with Gasteiger partial charge in [0.05, 0.1) is 17.1 Å². The molecule has 33 heavy (non-hydrogen) atoms. The van der Waals surface area contributed by atoms with E-state index in [1.807, 2.05) is 80.4 Å². The number of hydrogen-bond donors (Lipinski definition) is 1. The quantitative estimate of drug-likeness (QED) is 0.626. The lowest BCUT2D eigenvalue weighted by Gasteiger charge is -2.39. The van der Waals surface area contributed by atoms with Crippen LogP contribution in [0.3, 0.4) is 0 Å². The van der Waals surface area contributed by atoms with E-state index in [2.05, 4.69) is 28.1 Å². The predicted octanol–water partition coefficient (Wildman–Crippen LogP) is 4.89. The largest absolute Gasteiger partial charge is 0.333 e. The molecule has 1 N–H and O–H groups in total. The molecule has 1 atom stereocenters. The Morgan fingerprint density at radius 2 is 1.61 bits per heavy atom. The van der Waals surface area contributed by atoms with Crippen molar-refractivity contribution in [1.82, 2.24) is 14.8 Å². The Bertz CT molecular complexity index is 1170. The summed E-state index contributed by atoms with van der Waals surface area (Å²) in [6.45, 7) is 5.92. The maximum Gasteiger partial charge on any atom is 0.318 e. The number of nitrogens with one attached hydrogen (secondary N) is 1. The number of urea groups is 1. The van der Waals surface area contributed by atoms with Crippen LogP contribution in [0.25, 0.3) is 5.69 Å². The first-order valence-electron chi connectivity index (χ1n) is 11.6. The van der Waals surface area contributed by atoms with Crippen LogP contribution in [0.2, 0.25) is 0 Å². The van der Waals surface area contributed by atoms with E-state index in [1.54, 1.807) is 4.90 Å². The zero-order chi connectivity index (χ0) is 23.2. The Hall–Kier alpha value is -3.54. The highest BCUT2D eigenvalue weighted by Crippen LogP contribution is 2.42. The molecule has 1 fully saturated rings. The molecule has 2 heterocycles. The van der Waals surface area contributed by atoms with E-state index in [-0.39, 0.29) is 36.1 Å². The van der Waals surface area contributed by atoms with Crippen molar-refractivity contribution in [3.63, 3.8) is 0 Å². The van der Waals surface area contributed by atoms with Crippen molar-refractivity contribution in [3.8, 4) is 5.69 Å². The van der Waals surface area contributed by atoms with Crippen molar-refractivity contribution >= 4 is 17.6 Å². The Morgan fingerprint density at radius 3 is 2.27 bits per heavy atom. The van der Waals surface area contributed by atoms with Crippen molar-refractivity contribution in [1.29, 1.82) is 0 Å². The van der Waals surface area contributed by atoms with Gasteiger partial charge in [-0.05, 0) is 63.4 Å². The number of carbonyl (C=O) groups excluding carboxylic acids is 2. The van der Waals surface area contributed by atoms with Crippen LogP contribution in [0.5, 0.6) is 0 Å². The number of anilines is 1. The number of amides is 3. The molecule has 2 aliphatic rings. The fourth-order valence-electron chi connectivity index (χ4n) is 4.58. The number of fused-ring (bicyclic) bond motifs is 3. The summed E-state index contributed by atoms with van der Waals surface area (Å²) < 4.78 is 2.15. The standard InChI is InChI=1S/C27H30N4O2/c1-27(2,3)28-26(33)30(20-15-16-20)18-24(32)31-22-13-8-7-12-21(22)29-17-9-14-23(29)25(31)19-10-5-4-6-11-19/h4-14,17,20,25H,15-16,18H2,1-3H3,(H,28,33). The summed E-state index contributed by atoms with van der Waals surface area (Å²) in [5.74, 6) is -0.0836. The molecule has 170 valence electrons. The van der Waals surface area contributed by atoms with Crippen LogP contribution in [-0.2, 0) is 4.79 Å². The van der Waals surface area contributed by atoms with Gasteiger partial charge in [-0.2, -0.15) is 0 Å². The van der Waals surface area contributed by atoms with Gasteiger partial charge in [0.1, 0.15) is 12.6 Å². The van der Waals surface area contributed by atoms with Crippen LogP contribution in [0, 0.1) is 0 Å². The van der Waals surface area contributed by atoms with Gasteiger partial charge in [-0.1, -0.05) is 42.5 Å². The number of rotatable bonds is 4. The lowest BCUT2D eigenvalue weighted by Crippen LogP contribution is -2.53. The monoisotopic (exact) mass is 442 g/mol. The molecule has 0 radical (unpaired) electrons. The summed E-state index contributed by atoms with van der Waals surface area (Å²) in [7, 11) is 0. The van der Waals surface area contributed by atoms with Crippen LogP contribution in [0.15, 0.2) is 72.9 Å². The molecule has 1 aliphatic carbocycles. The minimum absolute atomic E-state index is 0.0466. The molecule has 6 heteroatoms. The second-order valence-corrected chi connectivity index (χ2v) is 9.91. The molecule has 0 spiro atoms. The molecule has 0 saturated heterocycles. The minimum Gasteiger partial charge on any atom is -0.333 e. The highest BCUT2D eigenvalue weighted by molar-refractivity contribution is 6.00. The van der Waals surface area contributed by atoms with E-state index < -0.39 is 0 Å². The number of para-hydroxylation sites is 2. The van der Waals surface area contributed by atoms with Gasteiger partial charge in [-0.25, -0.2) is 4.79 Å². The first-order valence-corrected chi connectivity index (χ1v) is 11.6. The highest BCUT2D eigenvalue weighted by Gasteiger charge is 2.40. The SMILES string of the molecule is CC(C)(C)NC(=O)N(CC(=O)N1c2ccccc2-n2cccc2C1c1ccccc1)C1CC1. The summed E-state index contributed by atoms with van der Waals surface area (Å²) in [5, 5.41) is 3.03. The molecule has 3 aromatic rings. The van der Waals surface area contributed by atoms with Crippen LogP contribution < -0.4 is 10.2 Å². The van der Waals surface area contributed by atoms with Crippen molar-refractivity contribution in [2.45, 2.75) is 51.2 Å². The predicted molar refractivity (Wildman–Crippen MR) is 130 cm³/mol. The third kappa shape index (κ3) is 4.13. The van der Waals surface area contributed by atoms with Gasteiger partial charge >= 0.3 is 6.03 Å². The van der Waals surface area contributed by atoms with Crippen LogP contribution in [-0.4, -0.2) is 39.5 Å². The second-order valence-electron chi connectivity index (χ2n) is 9.91. The van der Waals surface area contributed by atoms with Crippen molar-refractivity contribution in [2.24, 2.45) is 0 Å². The van der Waals surface area contributed by atoms with Gasteiger partial charge in [-0.3, -0.25) is 9.69 Å². The number of carbonyl (C=O) groups is 2. The van der Waals surface area contributed by atoms with E-state index in [9.17, 15) is 9.59 Å². The first-order chi connectivity index (χ1) is 15.8. The Balaban J connectivity index is 1.54. The molecule has 5 rings (SSSR count). The fourth-order valence-corrected chi connectivity index (χ4v) is 4.58. The average molecular weight is 443 g/mol. The maximum atomic E-state index is 14.0. The fraction of sp³-hybridized carbons (Fsp3) is 0.333. The van der Waals surface area contributed by atoms with Crippen LogP contribution in [0.1, 0.15) is 50.9 Å².